The fraction of sp³-hybridized carbons (Fsp3) is 0.571. The molecule has 1 aliphatic carbocycles. The highest BCUT2D eigenvalue weighted by atomic mass is 32.2. The SMILES string of the molecule is O=S(=O)(N[C@@H]1CC[C@H]2CNC[C@H]21)c1cccc(C(F)(F)F)c1. The van der Waals surface area contributed by atoms with E-state index in [2.05, 4.69) is 10.0 Å². The average molecular weight is 334 g/mol. The van der Waals surface area contributed by atoms with Gasteiger partial charge in [-0.25, -0.2) is 13.1 Å². The second-order valence-electron chi connectivity index (χ2n) is 5.91. The molecule has 0 spiro atoms. The van der Waals surface area contributed by atoms with Crippen LogP contribution in [-0.2, 0) is 16.2 Å². The highest BCUT2D eigenvalue weighted by molar-refractivity contribution is 7.89. The lowest BCUT2D eigenvalue weighted by atomic mass is 9.98. The van der Waals surface area contributed by atoms with E-state index in [4.69, 9.17) is 0 Å². The van der Waals surface area contributed by atoms with Crippen molar-refractivity contribution in [1.29, 1.82) is 0 Å². The van der Waals surface area contributed by atoms with Gasteiger partial charge < -0.3 is 5.32 Å². The Kier molecular flexibility index (Phi) is 3.94. The molecule has 3 atom stereocenters. The summed E-state index contributed by atoms with van der Waals surface area (Å²) in [5.74, 6) is 0.676. The molecule has 3 rings (SSSR count). The summed E-state index contributed by atoms with van der Waals surface area (Å²) >= 11 is 0. The highest BCUT2D eigenvalue weighted by Gasteiger charge is 2.41. The van der Waals surface area contributed by atoms with E-state index < -0.39 is 21.8 Å². The number of fused-ring (bicyclic) bond motifs is 1. The Labute approximate surface area is 127 Å². The van der Waals surface area contributed by atoms with Crippen LogP contribution in [0.2, 0.25) is 0 Å². The first kappa shape index (κ1) is 15.8. The van der Waals surface area contributed by atoms with Crippen LogP contribution in [0, 0.1) is 11.8 Å². The van der Waals surface area contributed by atoms with Crippen molar-refractivity contribution >= 4 is 10.0 Å². The van der Waals surface area contributed by atoms with Crippen LogP contribution in [-0.4, -0.2) is 27.5 Å². The fourth-order valence-electron chi connectivity index (χ4n) is 3.40. The first-order valence-corrected chi connectivity index (χ1v) is 8.66. The molecule has 1 saturated heterocycles. The molecule has 122 valence electrons. The van der Waals surface area contributed by atoms with E-state index in [1.165, 1.54) is 6.07 Å². The third-order valence-electron chi connectivity index (χ3n) is 4.54. The molecule has 4 nitrogen and oxygen atoms in total. The fourth-order valence-corrected chi connectivity index (χ4v) is 4.77. The normalized spacial score (nSPS) is 28.8. The van der Waals surface area contributed by atoms with Gasteiger partial charge in [-0.05, 0) is 56.0 Å². The Morgan fingerprint density at radius 1 is 1.18 bits per heavy atom. The number of hydrogen-bond donors (Lipinski definition) is 2. The van der Waals surface area contributed by atoms with Gasteiger partial charge in [0, 0.05) is 6.04 Å². The molecule has 1 aromatic carbocycles. The van der Waals surface area contributed by atoms with Crippen LogP contribution < -0.4 is 10.0 Å². The van der Waals surface area contributed by atoms with Crippen LogP contribution in [0.3, 0.4) is 0 Å². The van der Waals surface area contributed by atoms with Crippen LogP contribution in [0.25, 0.3) is 0 Å². The van der Waals surface area contributed by atoms with Gasteiger partial charge in [-0.3, -0.25) is 0 Å². The van der Waals surface area contributed by atoms with E-state index in [9.17, 15) is 21.6 Å². The lowest BCUT2D eigenvalue weighted by Gasteiger charge is -2.19. The van der Waals surface area contributed by atoms with Crippen molar-refractivity contribution in [2.45, 2.75) is 30.0 Å². The first-order valence-electron chi connectivity index (χ1n) is 7.18. The molecule has 0 unspecified atom stereocenters. The van der Waals surface area contributed by atoms with Gasteiger partial charge in [-0.1, -0.05) is 6.07 Å². The van der Waals surface area contributed by atoms with Gasteiger partial charge in [-0.2, -0.15) is 13.2 Å². The molecule has 0 amide bonds. The minimum Gasteiger partial charge on any atom is -0.316 e. The summed E-state index contributed by atoms with van der Waals surface area (Å²) < 4.78 is 65.4. The summed E-state index contributed by atoms with van der Waals surface area (Å²) in [6, 6.07) is 3.65. The molecule has 1 saturated carbocycles. The molecule has 0 bridgehead atoms. The minimum absolute atomic E-state index is 0.209. The Bertz CT molecular complexity index is 660. The highest BCUT2D eigenvalue weighted by Crippen LogP contribution is 2.35. The van der Waals surface area contributed by atoms with E-state index in [-0.39, 0.29) is 16.9 Å². The number of sulfonamides is 1. The molecule has 2 fully saturated rings. The van der Waals surface area contributed by atoms with E-state index in [1.54, 1.807) is 0 Å². The van der Waals surface area contributed by atoms with Gasteiger partial charge in [0.25, 0.3) is 0 Å². The maximum absolute atomic E-state index is 12.7. The van der Waals surface area contributed by atoms with Gasteiger partial charge in [-0.15, -0.1) is 0 Å². The zero-order valence-corrected chi connectivity index (χ0v) is 12.5. The maximum atomic E-state index is 12.7. The number of benzene rings is 1. The summed E-state index contributed by atoms with van der Waals surface area (Å²) in [5.41, 5.74) is -0.956. The van der Waals surface area contributed by atoms with Crippen molar-refractivity contribution in [3.63, 3.8) is 0 Å². The van der Waals surface area contributed by atoms with Crippen LogP contribution in [0.15, 0.2) is 29.2 Å². The number of halogens is 3. The predicted molar refractivity (Wildman–Crippen MR) is 74.6 cm³/mol. The minimum atomic E-state index is -4.56. The Morgan fingerprint density at radius 3 is 2.68 bits per heavy atom. The smallest absolute Gasteiger partial charge is 0.316 e. The molecular weight excluding hydrogens is 317 g/mol. The van der Waals surface area contributed by atoms with Crippen molar-refractivity contribution in [2.75, 3.05) is 13.1 Å². The molecule has 2 N–H and O–H groups in total. The third-order valence-corrected chi connectivity index (χ3v) is 6.02. The van der Waals surface area contributed by atoms with Gasteiger partial charge in [0.15, 0.2) is 0 Å². The molecule has 8 heteroatoms. The van der Waals surface area contributed by atoms with E-state index in [1.807, 2.05) is 0 Å². The zero-order chi connectivity index (χ0) is 16.0. The first-order chi connectivity index (χ1) is 10.3. The van der Waals surface area contributed by atoms with Crippen LogP contribution in [0.5, 0.6) is 0 Å². The number of rotatable bonds is 3. The summed E-state index contributed by atoms with van der Waals surface area (Å²) in [7, 11) is -3.94. The number of hydrogen-bond acceptors (Lipinski definition) is 3. The van der Waals surface area contributed by atoms with Gasteiger partial charge in [0.05, 0.1) is 10.5 Å². The topological polar surface area (TPSA) is 58.2 Å². The van der Waals surface area contributed by atoms with Gasteiger partial charge >= 0.3 is 6.18 Å². The number of nitrogens with one attached hydrogen (secondary N) is 2. The van der Waals surface area contributed by atoms with Crippen LogP contribution in [0.4, 0.5) is 13.2 Å². The molecule has 22 heavy (non-hydrogen) atoms. The molecule has 1 aromatic rings. The van der Waals surface area contributed by atoms with Gasteiger partial charge in [0.2, 0.25) is 10.0 Å². The standard InChI is InChI=1S/C14H17F3N2O2S/c15-14(16,17)10-2-1-3-11(6-10)22(20,21)19-13-5-4-9-7-18-8-12(9)13/h1-3,6,9,12-13,18-19H,4-5,7-8H2/t9-,12+,13+/m0/s1. The average Bonchev–Trinajstić information content (AvgIpc) is 3.03. The van der Waals surface area contributed by atoms with Crippen molar-refractivity contribution in [3.05, 3.63) is 29.8 Å². The Hall–Kier alpha value is -1.12. The Balaban J connectivity index is 1.81. The third kappa shape index (κ3) is 3.00. The largest absolute Gasteiger partial charge is 0.416 e. The maximum Gasteiger partial charge on any atom is 0.416 e. The lowest BCUT2D eigenvalue weighted by Crippen LogP contribution is -2.39. The molecule has 1 heterocycles. The zero-order valence-electron chi connectivity index (χ0n) is 11.7. The van der Waals surface area contributed by atoms with Crippen molar-refractivity contribution in [1.82, 2.24) is 10.0 Å². The van der Waals surface area contributed by atoms with Crippen molar-refractivity contribution < 1.29 is 21.6 Å². The van der Waals surface area contributed by atoms with E-state index in [0.29, 0.717) is 12.0 Å². The van der Waals surface area contributed by atoms with E-state index >= 15 is 0 Å². The quantitative estimate of drug-likeness (QED) is 0.889. The van der Waals surface area contributed by atoms with Crippen LogP contribution in [0.1, 0.15) is 18.4 Å². The summed E-state index contributed by atoms with van der Waals surface area (Å²) in [4.78, 5) is -0.336. The summed E-state index contributed by atoms with van der Waals surface area (Å²) in [6.45, 7) is 1.63. The molecular formula is C14H17F3N2O2S. The van der Waals surface area contributed by atoms with Crippen molar-refractivity contribution in [3.8, 4) is 0 Å². The van der Waals surface area contributed by atoms with Gasteiger partial charge in [0.1, 0.15) is 0 Å². The second-order valence-corrected chi connectivity index (χ2v) is 7.63. The monoisotopic (exact) mass is 334 g/mol. The van der Waals surface area contributed by atoms with Crippen molar-refractivity contribution in [2.24, 2.45) is 11.8 Å². The van der Waals surface area contributed by atoms with E-state index in [0.717, 1.165) is 38.1 Å². The molecule has 0 radical (unpaired) electrons. The number of alkyl halides is 3. The molecule has 0 aromatic heterocycles. The second kappa shape index (κ2) is 5.50. The predicted octanol–water partition coefficient (Wildman–Crippen LogP) is 1.98. The summed E-state index contributed by atoms with van der Waals surface area (Å²) in [5, 5.41) is 3.23. The molecule has 1 aliphatic heterocycles. The summed E-state index contributed by atoms with van der Waals surface area (Å²) in [6.07, 6.45) is -2.89. The lowest BCUT2D eigenvalue weighted by molar-refractivity contribution is -0.137. The van der Waals surface area contributed by atoms with Crippen LogP contribution >= 0.6 is 0 Å². The Morgan fingerprint density at radius 2 is 1.95 bits per heavy atom. The molecule has 2 aliphatic rings.